The summed E-state index contributed by atoms with van der Waals surface area (Å²) in [5.74, 6) is 0. The van der Waals surface area contributed by atoms with Crippen LogP contribution in [0.4, 0.5) is 0 Å². The van der Waals surface area contributed by atoms with Gasteiger partial charge < -0.3 is 17.7 Å². The maximum atomic E-state index is 6.97. The Bertz CT molecular complexity index is 9900. The van der Waals surface area contributed by atoms with E-state index in [1.807, 2.05) is 22.7 Å². The number of hydrogen-bond donors (Lipinski definition) is 0. The van der Waals surface area contributed by atoms with Crippen LogP contribution in [0.1, 0.15) is 44.5 Å². The fourth-order valence-corrected chi connectivity index (χ4v) is 27.4. The molecule has 0 bridgehead atoms. The van der Waals surface area contributed by atoms with Gasteiger partial charge in [-0.3, -0.25) is 0 Å². The summed E-state index contributed by atoms with van der Waals surface area (Å²) < 4.78 is 32.4. The molecule has 0 fully saturated rings. The number of fused-ring (bicyclic) bond motifs is 46. The zero-order valence-electron chi connectivity index (χ0n) is 70.7. The van der Waals surface area contributed by atoms with Gasteiger partial charge in [0.15, 0.2) is 0 Å². The zero-order chi connectivity index (χ0) is 85.7. The molecule has 22 aromatic carbocycles. The van der Waals surface area contributed by atoms with Crippen molar-refractivity contribution < 1.29 is 17.7 Å². The van der Waals surface area contributed by atoms with Crippen molar-refractivity contribution in [2.75, 3.05) is 0 Å². The largest absolute Gasteiger partial charge is 0.456 e. The lowest BCUT2D eigenvalue weighted by Crippen LogP contribution is -2.25. The van der Waals surface area contributed by atoms with Gasteiger partial charge in [0.1, 0.15) is 44.7 Å². The SMILES string of the molecule is c1ccc2c(c1)-c1ccccc1C21c2ccccc2-c2c1ccc1oc3cc(-c4c5ccccc5c(-c5ccc6c(c5)oc5ccc7sc8ccccc8c7c56)c5ccccc45)ccc3c21.c1ccc2c(c1)-c1ccccc1C21c2ccccc2-c2c1ccc1oc3cc(-c4c5ccccc5c(-c5ccc6oc7ccc8sc9ccccc9c8c7c6c5)c5ccccc45)ccc3c21. The third-order valence-corrected chi connectivity index (χ3v) is 32.4. The average molecular weight is 1710 g/mol. The maximum Gasteiger partial charge on any atom is 0.136 e. The summed E-state index contributed by atoms with van der Waals surface area (Å²) in [4.78, 5) is 0. The molecule has 4 aliphatic carbocycles. The van der Waals surface area contributed by atoms with Crippen molar-refractivity contribution >= 4 is 194 Å². The molecule has 2 spiro atoms. The zero-order valence-corrected chi connectivity index (χ0v) is 72.3. The van der Waals surface area contributed by atoms with E-state index >= 15 is 0 Å². The van der Waals surface area contributed by atoms with E-state index in [9.17, 15) is 0 Å². The van der Waals surface area contributed by atoms with Crippen molar-refractivity contribution in [1.29, 1.82) is 0 Å². The minimum absolute atomic E-state index is 0.406. The van der Waals surface area contributed by atoms with Crippen molar-refractivity contribution in [3.8, 4) is 89.0 Å². The van der Waals surface area contributed by atoms with Gasteiger partial charge >= 0.3 is 0 Å². The topological polar surface area (TPSA) is 52.6 Å². The Morgan fingerprint density at radius 2 is 0.402 bits per heavy atom. The van der Waals surface area contributed by atoms with E-state index in [1.165, 1.54) is 222 Å². The highest BCUT2D eigenvalue weighted by atomic mass is 32.1. The summed E-state index contributed by atoms with van der Waals surface area (Å²) in [6.45, 7) is 0. The molecule has 4 aliphatic rings. The third kappa shape index (κ3) is 9.19. The van der Waals surface area contributed by atoms with Crippen LogP contribution in [0.15, 0.2) is 430 Å². The molecule has 6 heterocycles. The summed E-state index contributed by atoms with van der Waals surface area (Å²) in [6.07, 6.45) is 0. The summed E-state index contributed by atoms with van der Waals surface area (Å²) in [5, 5.41) is 24.1. The van der Waals surface area contributed by atoms with Gasteiger partial charge in [-0.25, -0.2) is 0 Å². The van der Waals surface area contributed by atoms with Gasteiger partial charge in [-0.15, -0.1) is 22.7 Å². The molecule has 0 N–H and O–H groups in total. The Kier molecular flexibility index (Phi) is 14.2. The summed E-state index contributed by atoms with van der Waals surface area (Å²) in [5.41, 5.74) is 36.9. The predicted octanol–water partition coefficient (Wildman–Crippen LogP) is 35.7. The van der Waals surface area contributed by atoms with E-state index in [0.29, 0.717) is 0 Å². The Hall–Kier alpha value is -16.5. The van der Waals surface area contributed by atoms with Crippen LogP contribution in [-0.4, -0.2) is 0 Å². The van der Waals surface area contributed by atoms with Crippen LogP contribution in [0, 0.1) is 0 Å². The monoisotopic (exact) mass is 1710 g/mol. The molecule has 0 saturated carbocycles. The van der Waals surface area contributed by atoms with Crippen molar-refractivity contribution in [2.45, 2.75) is 10.8 Å². The second kappa shape index (κ2) is 26.2. The first kappa shape index (κ1) is 71.5. The average Bonchev–Trinajstić information content (AvgIpc) is 1.50. The highest BCUT2D eigenvalue weighted by molar-refractivity contribution is 7.26. The highest BCUT2D eigenvalue weighted by Gasteiger charge is 2.54. The normalized spacial score (nSPS) is 13.6. The first-order valence-electron chi connectivity index (χ1n) is 45.5. The van der Waals surface area contributed by atoms with E-state index in [1.54, 1.807) is 0 Å². The van der Waals surface area contributed by atoms with E-state index < -0.39 is 10.8 Å². The van der Waals surface area contributed by atoms with E-state index in [4.69, 9.17) is 17.7 Å². The quantitative estimate of drug-likeness (QED) is 0.165. The first-order chi connectivity index (χ1) is 65.5. The number of thiophene rings is 2. The van der Waals surface area contributed by atoms with Crippen molar-refractivity contribution in [3.05, 3.63) is 457 Å². The van der Waals surface area contributed by atoms with Crippen molar-refractivity contribution in [1.82, 2.24) is 0 Å². The summed E-state index contributed by atoms with van der Waals surface area (Å²) in [7, 11) is 0. The van der Waals surface area contributed by atoms with E-state index in [2.05, 4.69) is 413 Å². The Morgan fingerprint density at radius 1 is 0.144 bits per heavy atom. The van der Waals surface area contributed by atoms with Gasteiger partial charge in [-0.2, -0.15) is 0 Å². The second-order valence-electron chi connectivity index (χ2n) is 36.3. The number of hydrogen-bond acceptors (Lipinski definition) is 6. The second-order valence-corrected chi connectivity index (χ2v) is 38.4. The minimum atomic E-state index is -0.407. The standard InChI is InChI=1S/2C63H34O2S/c1-3-17-41-39(15-1)57(35-26-29-51-46(33-35)61-53(64-51)31-32-56-62(61)45-20-8-12-24-55(45)66-56)40-16-2-4-18-42(40)58(41)36-25-27-44-54(34-36)65-52-30-28-50-59(60(44)52)43-19-7-11-23-49(43)63(50)47-21-9-5-13-37(47)38-14-6-10-22-48(38)63;1-3-17-41-39(15-1)57(40-16-2-4-18-42(40)58(41)36-26-28-45-54(34-36)65-52-31-32-56-62(61(45)52)46-20-8-12-24-55(46)66-56)35-25-27-44-53(33-35)64-51-30-29-50-59(60(44)51)43-19-7-11-23-49(43)63(50)47-21-9-5-13-37(47)38-14-6-10-22-48(38)63/h2*1-34H. The molecule has 6 heteroatoms. The maximum absolute atomic E-state index is 6.97. The lowest BCUT2D eigenvalue weighted by molar-refractivity contribution is 0.668. The van der Waals surface area contributed by atoms with Gasteiger partial charge in [0.05, 0.1) is 10.8 Å². The molecule has 0 unspecified atom stereocenters. The molecular formula is C126H68O4S2. The first-order valence-corrected chi connectivity index (χ1v) is 47.1. The summed E-state index contributed by atoms with van der Waals surface area (Å²) >= 11 is 3.69. The summed E-state index contributed by atoms with van der Waals surface area (Å²) in [6, 6.07) is 152. The molecule has 28 aromatic rings. The highest BCUT2D eigenvalue weighted by Crippen LogP contribution is 2.67. The molecular weight excluding hydrogens is 1640 g/mol. The van der Waals surface area contributed by atoms with Crippen molar-refractivity contribution in [2.24, 2.45) is 0 Å². The fraction of sp³-hybridized carbons (Fsp3) is 0.0159. The Morgan fingerprint density at radius 3 is 0.765 bits per heavy atom. The lowest BCUT2D eigenvalue weighted by atomic mass is 9.70. The van der Waals surface area contributed by atoms with Crippen LogP contribution in [0.3, 0.4) is 0 Å². The van der Waals surface area contributed by atoms with Gasteiger partial charge in [0, 0.05) is 83.4 Å². The molecule has 132 heavy (non-hydrogen) atoms. The molecule has 0 aliphatic heterocycles. The fourth-order valence-electron chi connectivity index (χ4n) is 25.2. The van der Waals surface area contributed by atoms with E-state index in [0.717, 1.165) is 82.9 Å². The van der Waals surface area contributed by atoms with Crippen LogP contribution < -0.4 is 0 Å². The molecule has 6 aromatic heterocycles. The Labute approximate surface area is 762 Å². The predicted molar refractivity (Wildman–Crippen MR) is 552 cm³/mol. The van der Waals surface area contributed by atoms with Crippen LogP contribution in [0.2, 0.25) is 0 Å². The van der Waals surface area contributed by atoms with E-state index in [-0.39, 0.29) is 0 Å². The molecule has 0 radical (unpaired) electrons. The van der Waals surface area contributed by atoms with Gasteiger partial charge in [-0.05, 0) is 274 Å². The molecule has 0 saturated heterocycles. The molecule has 0 atom stereocenters. The lowest BCUT2D eigenvalue weighted by Gasteiger charge is -2.30. The molecule has 608 valence electrons. The van der Waals surface area contributed by atoms with Crippen LogP contribution in [0.5, 0.6) is 0 Å². The Balaban J connectivity index is 0.000000124. The minimum Gasteiger partial charge on any atom is -0.456 e. The third-order valence-electron chi connectivity index (χ3n) is 30.2. The molecule has 32 rings (SSSR count). The van der Waals surface area contributed by atoms with Crippen LogP contribution >= 0.6 is 22.7 Å². The molecule has 0 amide bonds. The van der Waals surface area contributed by atoms with Gasteiger partial charge in [0.25, 0.3) is 0 Å². The number of rotatable bonds is 4. The van der Waals surface area contributed by atoms with Crippen LogP contribution in [-0.2, 0) is 10.8 Å². The van der Waals surface area contributed by atoms with Gasteiger partial charge in [-0.1, -0.05) is 315 Å². The number of benzene rings is 22. The smallest absolute Gasteiger partial charge is 0.136 e. The van der Waals surface area contributed by atoms with Crippen LogP contribution in [0.25, 0.3) is 260 Å². The molecule has 4 nitrogen and oxygen atoms in total. The number of furan rings is 4. The van der Waals surface area contributed by atoms with Gasteiger partial charge in [0.2, 0.25) is 0 Å². The van der Waals surface area contributed by atoms with Crippen molar-refractivity contribution in [3.63, 3.8) is 0 Å².